The van der Waals surface area contributed by atoms with Gasteiger partial charge in [0.15, 0.2) is 0 Å². The number of hydrogen-bond donors (Lipinski definition) is 1. The lowest BCUT2D eigenvalue weighted by Gasteiger charge is -2.45. The van der Waals surface area contributed by atoms with Crippen LogP contribution in [0.3, 0.4) is 0 Å². The zero-order valence-electron chi connectivity index (χ0n) is 12.0. The number of nitrogens with zero attached hydrogens (tertiary/aromatic N) is 3. The van der Waals surface area contributed by atoms with E-state index in [4.69, 9.17) is 0 Å². The number of hydrogen-bond acceptors (Lipinski definition) is 4. The molecule has 0 aromatic carbocycles. The maximum Gasteiger partial charge on any atom is 0.137 e. The standard InChI is InChI=1S/C15H24N4/c1-11-14(16-2)17-10-18-15(11)19-9-5-7-12-6-3-4-8-13(12)19/h10,12-13H,3-9H2,1-2H3,(H,16,17,18)/t12-,13-/m1/s1. The Bertz CT molecular complexity index is 444. The Morgan fingerprint density at radius 2 is 1.95 bits per heavy atom. The predicted octanol–water partition coefficient (Wildman–Crippen LogP) is 2.99. The molecular formula is C15H24N4. The van der Waals surface area contributed by atoms with E-state index in [1.807, 2.05) is 7.05 Å². The zero-order chi connectivity index (χ0) is 13.2. The molecule has 4 nitrogen and oxygen atoms in total. The average molecular weight is 260 g/mol. The van der Waals surface area contributed by atoms with Crippen molar-refractivity contribution in [3.8, 4) is 0 Å². The van der Waals surface area contributed by atoms with E-state index in [0.717, 1.165) is 24.1 Å². The number of nitrogens with one attached hydrogen (secondary N) is 1. The van der Waals surface area contributed by atoms with E-state index in [0.29, 0.717) is 6.04 Å². The van der Waals surface area contributed by atoms with E-state index < -0.39 is 0 Å². The molecule has 1 aliphatic carbocycles. The molecule has 3 rings (SSSR count). The van der Waals surface area contributed by atoms with E-state index in [2.05, 4.69) is 27.1 Å². The van der Waals surface area contributed by atoms with Crippen LogP contribution in [0.1, 0.15) is 44.1 Å². The van der Waals surface area contributed by atoms with E-state index in [-0.39, 0.29) is 0 Å². The SMILES string of the molecule is CNc1ncnc(N2CCC[C@H]3CCCC[C@H]32)c1C. The fourth-order valence-electron chi connectivity index (χ4n) is 3.87. The van der Waals surface area contributed by atoms with E-state index in [9.17, 15) is 0 Å². The van der Waals surface area contributed by atoms with Crippen molar-refractivity contribution in [1.82, 2.24) is 9.97 Å². The molecule has 1 saturated carbocycles. The largest absolute Gasteiger partial charge is 0.373 e. The molecule has 0 bridgehead atoms. The fraction of sp³-hybridized carbons (Fsp3) is 0.733. The van der Waals surface area contributed by atoms with Gasteiger partial charge in [-0.15, -0.1) is 0 Å². The Balaban J connectivity index is 1.91. The molecule has 4 heteroatoms. The molecule has 19 heavy (non-hydrogen) atoms. The van der Waals surface area contributed by atoms with Crippen LogP contribution in [-0.2, 0) is 0 Å². The summed E-state index contributed by atoms with van der Waals surface area (Å²) < 4.78 is 0. The summed E-state index contributed by atoms with van der Waals surface area (Å²) in [5, 5.41) is 3.17. The lowest BCUT2D eigenvalue weighted by Crippen LogP contribution is -2.47. The highest BCUT2D eigenvalue weighted by Crippen LogP contribution is 2.38. The molecule has 2 fully saturated rings. The highest BCUT2D eigenvalue weighted by molar-refractivity contribution is 5.58. The molecule has 1 N–H and O–H groups in total. The van der Waals surface area contributed by atoms with Gasteiger partial charge in [0.05, 0.1) is 0 Å². The van der Waals surface area contributed by atoms with Crippen molar-refractivity contribution in [3.63, 3.8) is 0 Å². The Morgan fingerprint density at radius 3 is 2.79 bits per heavy atom. The van der Waals surface area contributed by atoms with Gasteiger partial charge in [0.1, 0.15) is 18.0 Å². The van der Waals surface area contributed by atoms with Crippen molar-refractivity contribution in [2.45, 2.75) is 51.5 Å². The number of anilines is 2. The second-order valence-corrected chi connectivity index (χ2v) is 5.87. The first-order chi connectivity index (χ1) is 9.31. The molecular weight excluding hydrogens is 236 g/mol. The predicted molar refractivity (Wildman–Crippen MR) is 78.6 cm³/mol. The van der Waals surface area contributed by atoms with Gasteiger partial charge in [-0.3, -0.25) is 0 Å². The second-order valence-electron chi connectivity index (χ2n) is 5.87. The van der Waals surface area contributed by atoms with E-state index >= 15 is 0 Å². The summed E-state index contributed by atoms with van der Waals surface area (Å²) in [5.74, 6) is 2.99. The van der Waals surface area contributed by atoms with Crippen molar-refractivity contribution in [3.05, 3.63) is 11.9 Å². The third-order valence-electron chi connectivity index (χ3n) is 4.81. The number of piperidine rings is 1. The fourth-order valence-corrected chi connectivity index (χ4v) is 3.87. The van der Waals surface area contributed by atoms with Gasteiger partial charge in [-0.25, -0.2) is 9.97 Å². The third kappa shape index (κ3) is 2.28. The van der Waals surface area contributed by atoms with Crippen molar-refractivity contribution in [1.29, 1.82) is 0 Å². The quantitative estimate of drug-likeness (QED) is 0.887. The maximum absolute atomic E-state index is 4.58. The van der Waals surface area contributed by atoms with Crippen molar-refractivity contribution in [2.75, 3.05) is 23.8 Å². The second kappa shape index (κ2) is 5.35. The molecule has 0 amide bonds. The lowest BCUT2D eigenvalue weighted by molar-refractivity contribution is 0.242. The smallest absolute Gasteiger partial charge is 0.137 e. The van der Waals surface area contributed by atoms with Gasteiger partial charge in [0.2, 0.25) is 0 Å². The molecule has 0 unspecified atom stereocenters. The van der Waals surface area contributed by atoms with Crippen LogP contribution < -0.4 is 10.2 Å². The molecule has 2 aliphatic rings. The number of fused-ring (bicyclic) bond motifs is 1. The first kappa shape index (κ1) is 12.7. The minimum atomic E-state index is 0.709. The summed E-state index contributed by atoms with van der Waals surface area (Å²) in [4.78, 5) is 11.4. The van der Waals surface area contributed by atoms with Crippen molar-refractivity contribution < 1.29 is 0 Å². The molecule has 1 aromatic heterocycles. The van der Waals surface area contributed by atoms with Gasteiger partial charge in [0, 0.05) is 25.2 Å². The van der Waals surface area contributed by atoms with Crippen LogP contribution in [0.5, 0.6) is 0 Å². The van der Waals surface area contributed by atoms with Gasteiger partial charge < -0.3 is 10.2 Å². The zero-order valence-corrected chi connectivity index (χ0v) is 12.0. The molecule has 2 heterocycles. The molecule has 1 aromatic rings. The number of aromatic nitrogens is 2. The third-order valence-corrected chi connectivity index (χ3v) is 4.81. The Morgan fingerprint density at radius 1 is 1.16 bits per heavy atom. The van der Waals surface area contributed by atoms with Crippen molar-refractivity contribution >= 4 is 11.6 Å². The summed E-state index contributed by atoms with van der Waals surface area (Å²) in [6.07, 6.45) is 9.94. The van der Waals surface area contributed by atoms with Crippen LogP contribution in [0.2, 0.25) is 0 Å². The summed E-state index contributed by atoms with van der Waals surface area (Å²) in [7, 11) is 1.93. The Hall–Kier alpha value is -1.32. The van der Waals surface area contributed by atoms with Gasteiger partial charge in [-0.2, -0.15) is 0 Å². The van der Waals surface area contributed by atoms with Crippen molar-refractivity contribution in [2.24, 2.45) is 5.92 Å². The first-order valence-corrected chi connectivity index (χ1v) is 7.57. The molecule has 0 radical (unpaired) electrons. The van der Waals surface area contributed by atoms with Crippen LogP contribution in [0, 0.1) is 12.8 Å². The lowest BCUT2D eigenvalue weighted by atomic mass is 9.78. The van der Waals surface area contributed by atoms with Crippen LogP contribution >= 0.6 is 0 Å². The van der Waals surface area contributed by atoms with Gasteiger partial charge in [-0.1, -0.05) is 12.8 Å². The Kier molecular flexibility index (Phi) is 3.58. The van der Waals surface area contributed by atoms with Gasteiger partial charge in [-0.05, 0) is 38.5 Å². The molecule has 104 valence electrons. The normalized spacial score (nSPS) is 26.9. The minimum absolute atomic E-state index is 0.709. The molecule has 1 saturated heterocycles. The van der Waals surface area contributed by atoms with Crippen LogP contribution in [-0.4, -0.2) is 29.6 Å². The first-order valence-electron chi connectivity index (χ1n) is 7.57. The van der Waals surface area contributed by atoms with Gasteiger partial charge >= 0.3 is 0 Å². The monoisotopic (exact) mass is 260 g/mol. The van der Waals surface area contributed by atoms with E-state index in [1.165, 1.54) is 44.1 Å². The van der Waals surface area contributed by atoms with Crippen LogP contribution in [0.15, 0.2) is 6.33 Å². The summed E-state index contributed by atoms with van der Waals surface area (Å²) in [6, 6.07) is 0.709. The average Bonchev–Trinajstić information content (AvgIpc) is 2.47. The molecule has 0 spiro atoms. The van der Waals surface area contributed by atoms with Crippen LogP contribution in [0.4, 0.5) is 11.6 Å². The van der Waals surface area contributed by atoms with Gasteiger partial charge in [0.25, 0.3) is 0 Å². The molecule has 1 aliphatic heterocycles. The summed E-state index contributed by atoms with van der Waals surface area (Å²) >= 11 is 0. The maximum atomic E-state index is 4.58. The topological polar surface area (TPSA) is 41.1 Å². The minimum Gasteiger partial charge on any atom is -0.373 e. The highest BCUT2D eigenvalue weighted by atomic mass is 15.2. The summed E-state index contributed by atoms with van der Waals surface area (Å²) in [5.41, 5.74) is 1.19. The number of rotatable bonds is 2. The summed E-state index contributed by atoms with van der Waals surface area (Å²) in [6.45, 7) is 3.29. The van der Waals surface area contributed by atoms with E-state index in [1.54, 1.807) is 6.33 Å². The highest BCUT2D eigenvalue weighted by Gasteiger charge is 2.34. The van der Waals surface area contributed by atoms with Crippen LogP contribution in [0.25, 0.3) is 0 Å². The Labute approximate surface area is 115 Å². The molecule has 2 atom stereocenters.